The average Bonchev–Trinajstić information content (AvgIpc) is 2.92. The van der Waals surface area contributed by atoms with Gasteiger partial charge in [-0.05, 0) is 44.8 Å². The van der Waals surface area contributed by atoms with Crippen molar-refractivity contribution < 1.29 is 9.21 Å². The molecule has 1 atom stereocenters. The molecule has 0 saturated heterocycles. The monoisotopic (exact) mass is 298 g/mol. The van der Waals surface area contributed by atoms with Crippen LogP contribution < -0.4 is 5.32 Å². The Morgan fingerprint density at radius 1 is 1.23 bits per heavy atom. The van der Waals surface area contributed by atoms with Gasteiger partial charge in [0.15, 0.2) is 0 Å². The maximum Gasteiger partial charge on any atom is 0.244 e. The van der Waals surface area contributed by atoms with Gasteiger partial charge in [-0.15, -0.1) is 0 Å². The van der Waals surface area contributed by atoms with E-state index < -0.39 is 0 Å². The quantitative estimate of drug-likeness (QED) is 0.834. The standard InChI is InChI=1S/C18H22N2O2/c1-14-9-10-16(22-14)11-12-18(21)19-13-17(20(2)3)15-7-5-4-6-8-15/h4-12,17H,13H2,1-3H3,(H,19,21)/b12-11+. The van der Waals surface area contributed by atoms with Gasteiger partial charge in [-0.3, -0.25) is 4.79 Å². The van der Waals surface area contributed by atoms with Gasteiger partial charge in [-0.1, -0.05) is 30.3 Å². The topological polar surface area (TPSA) is 45.5 Å². The molecule has 4 heteroatoms. The Morgan fingerprint density at radius 2 is 1.95 bits per heavy atom. The summed E-state index contributed by atoms with van der Waals surface area (Å²) in [6, 6.07) is 14.0. The third-order valence-electron chi connectivity index (χ3n) is 3.44. The van der Waals surface area contributed by atoms with Crippen LogP contribution in [0, 0.1) is 6.92 Å². The van der Waals surface area contributed by atoms with Crippen molar-refractivity contribution in [2.24, 2.45) is 0 Å². The van der Waals surface area contributed by atoms with Crippen LogP contribution in [0.25, 0.3) is 6.08 Å². The first-order valence-electron chi connectivity index (χ1n) is 7.30. The molecule has 1 unspecified atom stereocenters. The molecule has 0 saturated carbocycles. The van der Waals surface area contributed by atoms with Crippen molar-refractivity contribution in [3.05, 3.63) is 65.6 Å². The van der Waals surface area contributed by atoms with Crippen LogP contribution in [0.1, 0.15) is 23.1 Å². The lowest BCUT2D eigenvalue weighted by Crippen LogP contribution is -2.33. The van der Waals surface area contributed by atoms with Crippen LogP contribution in [0.3, 0.4) is 0 Å². The van der Waals surface area contributed by atoms with Gasteiger partial charge >= 0.3 is 0 Å². The number of carbonyl (C=O) groups excluding carboxylic acids is 1. The minimum atomic E-state index is -0.128. The number of hydrogen-bond donors (Lipinski definition) is 1. The van der Waals surface area contributed by atoms with E-state index in [-0.39, 0.29) is 11.9 Å². The van der Waals surface area contributed by atoms with Crippen LogP contribution in [0.2, 0.25) is 0 Å². The Bertz CT molecular complexity index is 630. The maximum atomic E-state index is 11.9. The van der Waals surface area contributed by atoms with Gasteiger partial charge in [-0.2, -0.15) is 0 Å². The SMILES string of the molecule is Cc1ccc(/C=C/C(=O)NCC(c2ccccc2)N(C)C)o1. The molecule has 2 aromatic rings. The predicted molar refractivity (Wildman–Crippen MR) is 88.4 cm³/mol. The Labute approximate surface area is 131 Å². The summed E-state index contributed by atoms with van der Waals surface area (Å²) in [5.74, 6) is 1.38. The molecule has 1 N–H and O–H groups in total. The second kappa shape index (κ2) is 7.61. The van der Waals surface area contributed by atoms with Crippen LogP contribution in [-0.4, -0.2) is 31.4 Å². The number of rotatable bonds is 6. The van der Waals surface area contributed by atoms with Crippen molar-refractivity contribution >= 4 is 12.0 Å². The maximum absolute atomic E-state index is 11.9. The summed E-state index contributed by atoms with van der Waals surface area (Å²) >= 11 is 0. The summed E-state index contributed by atoms with van der Waals surface area (Å²) in [6.45, 7) is 2.43. The molecule has 1 aromatic carbocycles. The Morgan fingerprint density at radius 3 is 2.55 bits per heavy atom. The summed E-state index contributed by atoms with van der Waals surface area (Å²) in [4.78, 5) is 14.0. The number of carbonyl (C=O) groups is 1. The third kappa shape index (κ3) is 4.60. The fourth-order valence-corrected chi connectivity index (χ4v) is 2.23. The number of benzene rings is 1. The highest BCUT2D eigenvalue weighted by Gasteiger charge is 2.14. The molecule has 1 amide bonds. The number of hydrogen-bond acceptors (Lipinski definition) is 3. The lowest BCUT2D eigenvalue weighted by Gasteiger charge is -2.24. The summed E-state index contributed by atoms with van der Waals surface area (Å²) in [5, 5.41) is 2.93. The van der Waals surface area contributed by atoms with E-state index in [1.807, 2.05) is 51.4 Å². The first kappa shape index (κ1) is 16.0. The lowest BCUT2D eigenvalue weighted by molar-refractivity contribution is -0.116. The number of aryl methyl sites for hydroxylation is 1. The molecule has 22 heavy (non-hydrogen) atoms. The van der Waals surface area contributed by atoms with Crippen molar-refractivity contribution in [1.82, 2.24) is 10.2 Å². The van der Waals surface area contributed by atoms with Gasteiger partial charge in [0.1, 0.15) is 11.5 Å². The molecule has 1 aromatic heterocycles. The van der Waals surface area contributed by atoms with Gasteiger partial charge in [0.2, 0.25) is 5.91 Å². The van der Waals surface area contributed by atoms with Crippen LogP contribution in [0.4, 0.5) is 0 Å². The van der Waals surface area contributed by atoms with Gasteiger partial charge in [0, 0.05) is 12.6 Å². The number of nitrogens with zero attached hydrogens (tertiary/aromatic N) is 1. The van der Waals surface area contributed by atoms with E-state index in [0.717, 1.165) is 5.76 Å². The Balaban J connectivity index is 1.92. The molecule has 4 nitrogen and oxygen atoms in total. The number of furan rings is 1. The summed E-state index contributed by atoms with van der Waals surface area (Å²) in [6.07, 6.45) is 3.17. The van der Waals surface area contributed by atoms with Crippen molar-refractivity contribution in [3.8, 4) is 0 Å². The molecule has 0 aliphatic carbocycles. The first-order chi connectivity index (χ1) is 10.6. The van der Waals surface area contributed by atoms with E-state index in [9.17, 15) is 4.79 Å². The second-order valence-electron chi connectivity index (χ2n) is 5.42. The molecule has 1 heterocycles. The highest BCUT2D eigenvalue weighted by atomic mass is 16.3. The number of nitrogens with one attached hydrogen (secondary N) is 1. The van der Waals surface area contributed by atoms with E-state index in [2.05, 4.69) is 22.3 Å². The Hall–Kier alpha value is -2.33. The molecule has 0 bridgehead atoms. The van der Waals surface area contributed by atoms with Crippen LogP contribution >= 0.6 is 0 Å². The van der Waals surface area contributed by atoms with Crippen LogP contribution in [0.5, 0.6) is 0 Å². The largest absolute Gasteiger partial charge is 0.462 e. The molecule has 116 valence electrons. The van der Waals surface area contributed by atoms with E-state index in [1.165, 1.54) is 11.6 Å². The predicted octanol–water partition coefficient (Wildman–Crippen LogP) is 3.02. The first-order valence-corrected chi connectivity index (χ1v) is 7.30. The number of likely N-dealkylation sites (N-methyl/N-ethyl adjacent to an activating group) is 1. The molecule has 0 aliphatic heterocycles. The van der Waals surface area contributed by atoms with Crippen LogP contribution in [-0.2, 0) is 4.79 Å². The van der Waals surface area contributed by atoms with Crippen LogP contribution in [0.15, 0.2) is 53.0 Å². The average molecular weight is 298 g/mol. The van der Waals surface area contributed by atoms with Crippen molar-refractivity contribution in [2.75, 3.05) is 20.6 Å². The Kier molecular flexibility index (Phi) is 5.55. The zero-order chi connectivity index (χ0) is 15.9. The van der Waals surface area contributed by atoms with Crippen molar-refractivity contribution in [1.29, 1.82) is 0 Å². The summed E-state index contributed by atoms with van der Waals surface area (Å²) < 4.78 is 5.39. The van der Waals surface area contributed by atoms with E-state index in [1.54, 1.807) is 6.08 Å². The highest BCUT2D eigenvalue weighted by Crippen LogP contribution is 2.16. The lowest BCUT2D eigenvalue weighted by atomic mass is 10.1. The third-order valence-corrected chi connectivity index (χ3v) is 3.44. The van der Waals surface area contributed by atoms with E-state index >= 15 is 0 Å². The van der Waals surface area contributed by atoms with Crippen molar-refractivity contribution in [3.63, 3.8) is 0 Å². The zero-order valence-corrected chi connectivity index (χ0v) is 13.2. The van der Waals surface area contributed by atoms with Gasteiger partial charge in [0.25, 0.3) is 0 Å². The summed E-state index contributed by atoms with van der Waals surface area (Å²) in [7, 11) is 4.01. The van der Waals surface area contributed by atoms with Gasteiger partial charge in [-0.25, -0.2) is 0 Å². The van der Waals surface area contributed by atoms with E-state index in [0.29, 0.717) is 12.3 Å². The molecular weight excluding hydrogens is 276 g/mol. The molecule has 2 rings (SSSR count). The second-order valence-corrected chi connectivity index (χ2v) is 5.42. The minimum Gasteiger partial charge on any atom is -0.462 e. The molecule has 0 spiro atoms. The smallest absolute Gasteiger partial charge is 0.244 e. The highest BCUT2D eigenvalue weighted by molar-refractivity contribution is 5.91. The molecule has 0 fully saturated rings. The normalized spacial score (nSPS) is 12.7. The van der Waals surface area contributed by atoms with Crippen molar-refractivity contribution in [2.45, 2.75) is 13.0 Å². The minimum absolute atomic E-state index is 0.128. The van der Waals surface area contributed by atoms with Gasteiger partial charge < -0.3 is 14.6 Å². The summed E-state index contributed by atoms with van der Waals surface area (Å²) in [5.41, 5.74) is 1.18. The van der Waals surface area contributed by atoms with E-state index in [4.69, 9.17) is 4.42 Å². The zero-order valence-electron chi connectivity index (χ0n) is 13.2. The molecule has 0 radical (unpaired) electrons. The molecule has 0 aliphatic rings. The fourth-order valence-electron chi connectivity index (χ4n) is 2.23. The molecular formula is C18H22N2O2. The number of amides is 1. The van der Waals surface area contributed by atoms with Gasteiger partial charge in [0.05, 0.1) is 6.04 Å². The fraction of sp³-hybridized carbons (Fsp3) is 0.278.